The monoisotopic (exact) mass is 380 g/mol. The number of nitrogens with zero attached hydrogens (tertiary/aromatic N) is 3. The molecule has 1 amide bonds. The van der Waals surface area contributed by atoms with Crippen LogP contribution in [0.3, 0.4) is 0 Å². The van der Waals surface area contributed by atoms with Gasteiger partial charge in [-0.1, -0.05) is 18.2 Å². The van der Waals surface area contributed by atoms with E-state index < -0.39 is 11.9 Å². The molecule has 28 heavy (non-hydrogen) atoms. The highest BCUT2D eigenvalue weighted by atomic mass is 16.5. The number of pyridine rings is 1. The van der Waals surface area contributed by atoms with Gasteiger partial charge in [-0.05, 0) is 26.0 Å². The van der Waals surface area contributed by atoms with Gasteiger partial charge in [0.2, 0.25) is 0 Å². The Labute approximate surface area is 161 Å². The standard InChI is InChI=1S/C20H20N4O4/c1-3-28-17(25)11-22-20(27)18-19(26)13(2)16(10-21-18)14-9-23-24(12-14)15-7-5-4-6-8-15/h4-10,12,26H,3,11H2,1-2H3,(H,22,27). The average Bonchev–Trinajstić information content (AvgIpc) is 3.19. The van der Waals surface area contributed by atoms with Crippen molar-refractivity contribution in [3.05, 3.63) is 60.2 Å². The molecule has 2 aromatic heterocycles. The lowest BCUT2D eigenvalue weighted by Crippen LogP contribution is -2.31. The van der Waals surface area contributed by atoms with Crippen LogP contribution in [0.15, 0.2) is 48.9 Å². The Balaban J connectivity index is 1.82. The summed E-state index contributed by atoms with van der Waals surface area (Å²) < 4.78 is 6.47. The second kappa shape index (κ2) is 8.34. The van der Waals surface area contributed by atoms with Crippen LogP contribution in [0.2, 0.25) is 0 Å². The van der Waals surface area contributed by atoms with Crippen molar-refractivity contribution >= 4 is 11.9 Å². The molecule has 0 fully saturated rings. The van der Waals surface area contributed by atoms with Crippen LogP contribution in [0.1, 0.15) is 23.0 Å². The van der Waals surface area contributed by atoms with E-state index in [1.165, 1.54) is 6.20 Å². The predicted octanol–water partition coefficient (Wildman–Crippen LogP) is 2.24. The lowest BCUT2D eigenvalue weighted by atomic mass is 10.0. The summed E-state index contributed by atoms with van der Waals surface area (Å²) in [5.74, 6) is -1.46. The summed E-state index contributed by atoms with van der Waals surface area (Å²) in [6, 6.07) is 9.61. The van der Waals surface area contributed by atoms with Crippen molar-refractivity contribution in [1.82, 2.24) is 20.1 Å². The summed E-state index contributed by atoms with van der Waals surface area (Å²) in [7, 11) is 0. The highest BCUT2D eigenvalue weighted by Crippen LogP contribution is 2.30. The van der Waals surface area contributed by atoms with Gasteiger partial charge >= 0.3 is 5.97 Å². The molecule has 8 heteroatoms. The van der Waals surface area contributed by atoms with Gasteiger partial charge in [0.25, 0.3) is 5.91 Å². The number of ether oxygens (including phenoxy) is 1. The van der Waals surface area contributed by atoms with Crippen LogP contribution in [0, 0.1) is 6.92 Å². The van der Waals surface area contributed by atoms with Crippen molar-refractivity contribution in [2.45, 2.75) is 13.8 Å². The topological polar surface area (TPSA) is 106 Å². The highest BCUT2D eigenvalue weighted by Gasteiger charge is 2.19. The Morgan fingerprint density at radius 3 is 2.68 bits per heavy atom. The van der Waals surface area contributed by atoms with Crippen molar-refractivity contribution in [2.24, 2.45) is 0 Å². The minimum atomic E-state index is -0.653. The molecular weight excluding hydrogens is 360 g/mol. The average molecular weight is 380 g/mol. The zero-order chi connectivity index (χ0) is 20.1. The SMILES string of the molecule is CCOC(=O)CNC(=O)c1ncc(-c2cnn(-c3ccccc3)c2)c(C)c1O. The number of hydrogen-bond donors (Lipinski definition) is 2. The fourth-order valence-electron chi connectivity index (χ4n) is 2.68. The van der Waals surface area contributed by atoms with E-state index in [0.29, 0.717) is 11.1 Å². The number of amides is 1. The molecule has 0 aliphatic carbocycles. The van der Waals surface area contributed by atoms with Gasteiger partial charge in [-0.2, -0.15) is 5.10 Å². The van der Waals surface area contributed by atoms with Gasteiger partial charge in [0.05, 0.1) is 18.5 Å². The number of hydrogen-bond acceptors (Lipinski definition) is 6. The highest BCUT2D eigenvalue weighted by molar-refractivity contribution is 5.97. The molecule has 0 aliphatic heterocycles. The van der Waals surface area contributed by atoms with E-state index in [0.717, 1.165) is 11.3 Å². The quantitative estimate of drug-likeness (QED) is 0.635. The first kappa shape index (κ1) is 19.1. The largest absolute Gasteiger partial charge is 0.505 e. The Kier molecular flexibility index (Phi) is 5.69. The van der Waals surface area contributed by atoms with Gasteiger partial charge in [-0.15, -0.1) is 0 Å². The van der Waals surface area contributed by atoms with Crippen molar-refractivity contribution < 1.29 is 19.4 Å². The van der Waals surface area contributed by atoms with Gasteiger partial charge < -0.3 is 15.2 Å². The van der Waals surface area contributed by atoms with E-state index in [9.17, 15) is 14.7 Å². The third-order valence-electron chi connectivity index (χ3n) is 4.13. The lowest BCUT2D eigenvalue weighted by molar-refractivity contribution is -0.141. The number of carbonyl (C=O) groups is 2. The van der Waals surface area contributed by atoms with E-state index >= 15 is 0 Å². The van der Waals surface area contributed by atoms with Gasteiger partial charge in [-0.3, -0.25) is 9.59 Å². The number of aromatic nitrogens is 3. The molecule has 144 valence electrons. The molecule has 3 rings (SSSR count). The number of nitrogens with one attached hydrogen (secondary N) is 1. The molecule has 0 atom stereocenters. The molecular formula is C20H20N4O4. The number of esters is 1. The fourth-order valence-corrected chi connectivity index (χ4v) is 2.68. The predicted molar refractivity (Wildman–Crippen MR) is 102 cm³/mol. The van der Waals surface area contributed by atoms with Crippen molar-refractivity contribution in [3.8, 4) is 22.6 Å². The molecule has 0 radical (unpaired) electrons. The second-order valence-electron chi connectivity index (χ2n) is 5.99. The van der Waals surface area contributed by atoms with Gasteiger partial charge in [-0.25, -0.2) is 9.67 Å². The molecule has 2 heterocycles. The van der Waals surface area contributed by atoms with Crippen LogP contribution in [-0.2, 0) is 9.53 Å². The molecule has 0 spiro atoms. The van der Waals surface area contributed by atoms with Crippen molar-refractivity contribution in [2.75, 3.05) is 13.2 Å². The maximum atomic E-state index is 12.2. The van der Waals surface area contributed by atoms with E-state index in [2.05, 4.69) is 15.4 Å². The maximum absolute atomic E-state index is 12.2. The summed E-state index contributed by atoms with van der Waals surface area (Å²) >= 11 is 0. The second-order valence-corrected chi connectivity index (χ2v) is 5.99. The van der Waals surface area contributed by atoms with Crippen LogP contribution in [0.4, 0.5) is 0 Å². The first-order chi connectivity index (χ1) is 13.5. The minimum Gasteiger partial charge on any atom is -0.505 e. The molecule has 8 nitrogen and oxygen atoms in total. The Hall–Kier alpha value is -3.68. The van der Waals surface area contributed by atoms with Crippen LogP contribution in [0.25, 0.3) is 16.8 Å². The number of para-hydroxylation sites is 1. The van der Waals surface area contributed by atoms with Crippen LogP contribution in [-0.4, -0.2) is 44.9 Å². The lowest BCUT2D eigenvalue weighted by Gasteiger charge is -2.10. The van der Waals surface area contributed by atoms with E-state index in [1.54, 1.807) is 24.7 Å². The summed E-state index contributed by atoms with van der Waals surface area (Å²) in [6.45, 7) is 3.30. The Morgan fingerprint density at radius 2 is 1.96 bits per heavy atom. The van der Waals surface area contributed by atoms with E-state index in [-0.39, 0.29) is 24.6 Å². The zero-order valence-corrected chi connectivity index (χ0v) is 15.5. The smallest absolute Gasteiger partial charge is 0.325 e. The van der Waals surface area contributed by atoms with Crippen LogP contribution in [0.5, 0.6) is 5.75 Å². The number of carbonyl (C=O) groups excluding carboxylic acids is 2. The van der Waals surface area contributed by atoms with Crippen LogP contribution >= 0.6 is 0 Å². The molecule has 0 aliphatic rings. The number of rotatable bonds is 6. The van der Waals surface area contributed by atoms with Gasteiger partial charge in [0, 0.05) is 29.1 Å². The molecule has 3 aromatic rings. The normalized spacial score (nSPS) is 10.5. The number of aromatic hydroxyl groups is 1. The first-order valence-electron chi connectivity index (χ1n) is 8.74. The number of benzene rings is 1. The zero-order valence-electron chi connectivity index (χ0n) is 15.5. The third-order valence-corrected chi connectivity index (χ3v) is 4.13. The molecule has 0 bridgehead atoms. The fraction of sp³-hybridized carbons (Fsp3) is 0.200. The van der Waals surface area contributed by atoms with E-state index in [1.807, 2.05) is 36.5 Å². The first-order valence-corrected chi connectivity index (χ1v) is 8.74. The molecule has 2 N–H and O–H groups in total. The summed E-state index contributed by atoms with van der Waals surface area (Å²) in [5, 5.41) is 17.2. The Morgan fingerprint density at radius 1 is 1.21 bits per heavy atom. The summed E-state index contributed by atoms with van der Waals surface area (Å²) in [6.07, 6.45) is 4.98. The minimum absolute atomic E-state index is 0.152. The van der Waals surface area contributed by atoms with Gasteiger partial charge in [0.1, 0.15) is 12.3 Å². The van der Waals surface area contributed by atoms with Crippen LogP contribution < -0.4 is 5.32 Å². The molecule has 0 saturated carbocycles. The molecule has 1 aromatic carbocycles. The van der Waals surface area contributed by atoms with Gasteiger partial charge in [0.15, 0.2) is 5.69 Å². The molecule has 0 unspecified atom stereocenters. The maximum Gasteiger partial charge on any atom is 0.325 e. The molecule has 0 saturated heterocycles. The van der Waals surface area contributed by atoms with E-state index in [4.69, 9.17) is 4.74 Å². The Bertz CT molecular complexity index is 999. The summed E-state index contributed by atoms with van der Waals surface area (Å²) in [5.41, 5.74) is 2.65. The summed E-state index contributed by atoms with van der Waals surface area (Å²) in [4.78, 5) is 27.6. The van der Waals surface area contributed by atoms with Crippen molar-refractivity contribution in [3.63, 3.8) is 0 Å². The third kappa shape index (κ3) is 4.01. The van der Waals surface area contributed by atoms with Crippen molar-refractivity contribution in [1.29, 1.82) is 0 Å².